The summed E-state index contributed by atoms with van der Waals surface area (Å²) in [4.78, 5) is 0. The van der Waals surface area contributed by atoms with Gasteiger partial charge in [-0.3, -0.25) is 0 Å². The van der Waals surface area contributed by atoms with Gasteiger partial charge in [0.25, 0.3) is 11.8 Å². The number of nitrogens with one attached hydrogen (secondary N) is 2. The molecule has 0 radical (unpaired) electrons. The molecule has 0 saturated carbocycles. The molecule has 0 fully saturated rings. The van der Waals surface area contributed by atoms with Crippen LogP contribution >= 0.6 is 23.2 Å². The van der Waals surface area contributed by atoms with Crippen molar-refractivity contribution in [3.8, 4) is 11.5 Å². The highest BCUT2D eigenvalue weighted by Gasteiger charge is 2.09. The predicted octanol–water partition coefficient (Wildman–Crippen LogP) is 8.19. The normalized spacial score (nSPS) is 10.9. The molecular weight excluding hydrogens is 603 g/mol. The Kier molecular flexibility index (Phi) is 9.20. The van der Waals surface area contributed by atoms with E-state index >= 15 is 0 Å². The molecule has 0 bridgehead atoms. The molecule has 0 spiro atoms. The van der Waals surface area contributed by atoms with E-state index in [9.17, 15) is 0 Å². The summed E-state index contributed by atoms with van der Waals surface area (Å²) in [5.74, 6) is 2.17. The molecular formula is C32H26Cl2N6O4. The van der Waals surface area contributed by atoms with Crippen molar-refractivity contribution in [3.63, 3.8) is 0 Å². The third-order valence-corrected chi connectivity index (χ3v) is 6.90. The average molecular weight is 630 g/mol. The molecule has 0 saturated heterocycles. The van der Waals surface area contributed by atoms with Gasteiger partial charge in [0, 0.05) is 21.4 Å². The highest BCUT2D eigenvalue weighted by molar-refractivity contribution is 6.30. The highest BCUT2D eigenvalue weighted by Crippen LogP contribution is 2.22. The van der Waals surface area contributed by atoms with Crippen LogP contribution in [0.1, 0.15) is 22.9 Å². The Labute approximate surface area is 263 Å². The first-order valence-electron chi connectivity index (χ1n) is 13.7. The van der Waals surface area contributed by atoms with Crippen LogP contribution < -0.4 is 20.1 Å². The SMILES string of the molecule is Clc1ccc(Nc2nnc(COc3ccc(CCc4ccc(OCc5nnc(Nc6ccc(Cl)cc6)o5)cc4)cc3)o2)cc1. The zero-order valence-electron chi connectivity index (χ0n) is 23.2. The van der Waals surface area contributed by atoms with E-state index in [2.05, 4.69) is 55.3 Å². The Balaban J connectivity index is 0.915. The first-order valence-corrected chi connectivity index (χ1v) is 14.4. The van der Waals surface area contributed by atoms with Crippen molar-refractivity contribution < 1.29 is 18.3 Å². The van der Waals surface area contributed by atoms with Gasteiger partial charge in [-0.15, -0.1) is 10.2 Å². The number of ether oxygens (including phenoxy) is 2. The lowest BCUT2D eigenvalue weighted by Crippen LogP contribution is -1.97. The molecule has 12 heteroatoms. The summed E-state index contributed by atoms with van der Waals surface area (Å²) in [6.45, 7) is 0.327. The van der Waals surface area contributed by atoms with Crippen molar-refractivity contribution in [3.05, 3.63) is 130 Å². The second kappa shape index (κ2) is 13.9. The van der Waals surface area contributed by atoms with Crippen LogP contribution in [0.25, 0.3) is 0 Å². The second-order valence-electron chi connectivity index (χ2n) is 9.63. The van der Waals surface area contributed by atoms with Gasteiger partial charge in [-0.2, -0.15) is 0 Å². The van der Waals surface area contributed by atoms with Gasteiger partial charge in [-0.25, -0.2) is 0 Å². The van der Waals surface area contributed by atoms with Gasteiger partial charge in [-0.05, 0) is 96.8 Å². The minimum Gasteiger partial charge on any atom is -0.484 e. The zero-order valence-corrected chi connectivity index (χ0v) is 24.8. The van der Waals surface area contributed by atoms with Crippen molar-refractivity contribution >= 4 is 46.6 Å². The fraction of sp³-hybridized carbons (Fsp3) is 0.125. The average Bonchev–Trinajstić information content (AvgIpc) is 3.70. The summed E-state index contributed by atoms with van der Waals surface area (Å²) in [6.07, 6.45) is 1.77. The van der Waals surface area contributed by atoms with Gasteiger partial charge in [0.05, 0.1) is 0 Å². The molecule has 0 unspecified atom stereocenters. The van der Waals surface area contributed by atoms with Crippen LogP contribution in [-0.4, -0.2) is 20.4 Å². The van der Waals surface area contributed by atoms with Crippen molar-refractivity contribution in [2.45, 2.75) is 26.1 Å². The Morgan fingerprint density at radius 1 is 0.500 bits per heavy atom. The first-order chi connectivity index (χ1) is 21.5. The Hall–Kier alpha value is -5.06. The van der Waals surface area contributed by atoms with E-state index in [4.69, 9.17) is 41.5 Å². The number of nitrogens with zero attached hydrogens (tertiary/aromatic N) is 4. The van der Waals surface area contributed by atoms with Crippen LogP contribution in [0.3, 0.4) is 0 Å². The minimum atomic E-state index is 0.164. The van der Waals surface area contributed by atoms with Crippen LogP contribution in [-0.2, 0) is 26.1 Å². The van der Waals surface area contributed by atoms with E-state index in [-0.39, 0.29) is 25.2 Å². The van der Waals surface area contributed by atoms with E-state index in [0.29, 0.717) is 21.8 Å². The third kappa shape index (κ3) is 8.27. The largest absolute Gasteiger partial charge is 0.484 e. The van der Waals surface area contributed by atoms with E-state index in [1.807, 2.05) is 48.5 Å². The number of aromatic nitrogens is 4. The van der Waals surface area contributed by atoms with Crippen molar-refractivity contribution in [2.75, 3.05) is 10.6 Å². The van der Waals surface area contributed by atoms with Gasteiger partial charge < -0.3 is 28.9 Å². The number of aryl methyl sites for hydroxylation is 2. The summed E-state index contributed by atoms with van der Waals surface area (Å²) in [6, 6.07) is 30.9. The van der Waals surface area contributed by atoms with Gasteiger partial charge in [0.2, 0.25) is 0 Å². The Morgan fingerprint density at radius 3 is 1.27 bits per heavy atom. The first kappa shape index (κ1) is 29.0. The summed E-state index contributed by atoms with van der Waals surface area (Å²) in [5, 5.41) is 23.4. The highest BCUT2D eigenvalue weighted by atomic mass is 35.5. The molecule has 222 valence electrons. The lowest BCUT2D eigenvalue weighted by Gasteiger charge is -2.07. The minimum absolute atomic E-state index is 0.164. The molecule has 0 aliphatic carbocycles. The van der Waals surface area contributed by atoms with Crippen molar-refractivity contribution in [2.24, 2.45) is 0 Å². The predicted molar refractivity (Wildman–Crippen MR) is 167 cm³/mol. The van der Waals surface area contributed by atoms with Gasteiger partial charge >= 0.3 is 12.0 Å². The second-order valence-corrected chi connectivity index (χ2v) is 10.5. The molecule has 0 aliphatic rings. The summed E-state index contributed by atoms with van der Waals surface area (Å²) < 4.78 is 22.8. The molecule has 2 aromatic heterocycles. The zero-order chi connectivity index (χ0) is 30.1. The summed E-state index contributed by atoms with van der Waals surface area (Å²) in [7, 11) is 0. The van der Waals surface area contributed by atoms with E-state index in [1.165, 1.54) is 11.1 Å². The molecule has 4 aromatic carbocycles. The number of rotatable bonds is 13. The maximum Gasteiger partial charge on any atom is 0.320 e. The van der Waals surface area contributed by atoms with Gasteiger partial charge in [-0.1, -0.05) is 57.7 Å². The topological polar surface area (TPSA) is 120 Å². The fourth-order valence-corrected chi connectivity index (χ4v) is 4.37. The number of halogens is 2. The monoisotopic (exact) mass is 628 g/mol. The maximum atomic E-state index is 5.91. The molecule has 0 aliphatic heterocycles. The lowest BCUT2D eigenvalue weighted by molar-refractivity contribution is 0.265. The van der Waals surface area contributed by atoms with E-state index in [1.54, 1.807) is 24.3 Å². The fourth-order valence-electron chi connectivity index (χ4n) is 4.12. The van der Waals surface area contributed by atoms with E-state index < -0.39 is 0 Å². The van der Waals surface area contributed by atoms with E-state index in [0.717, 1.165) is 35.7 Å². The molecule has 2 heterocycles. The molecule has 0 atom stereocenters. The lowest BCUT2D eigenvalue weighted by atomic mass is 10.0. The summed E-state index contributed by atoms with van der Waals surface area (Å²) >= 11 is 11.8. The number of hydrogen-bond donors (Lipinski definition) is 2. The molecule has 6 aromatic rings. The van der Waals surface area contributed by atoms with Crippen molar-refractivity contribution in [1.82, 2.24) is 20.4 Å². The number of benzene rings is 4. The van der Waals surface area contributed by atoms with Crippen molar-refractivity contribution in [1.29, 1.82) is 0 Å². The van der Waals surface area contributed by atoms with Crippen LogP contribution in [0.2, 0.25) is 10.0 Å². The Morgan fingerprint density at radius 2 is 0.886 bits per heavy atom. The van der Waals surface area contributed by atoms with Crippen LogP contribution in [0.5, 0.6) is 11.5 Å². The summed E-state index contributed by atoms with van der Waals surface area (Å²) in [5.41, 5.74) is 3.99. The quantitative estimate of drug-likeness (QED) is 0.129. The molecule has 44 heavy (non-hydrogen) atoms. The smallest absolute Gasteiger partial charge is 0.320 e. The van der Waals surface area contributed by atoms with Gasteiger partial charge in [0.15, 0.2) is 13.2 Å². The molecule has 10 nitrogen and oxygen atoms in total. The van der Waals surface area contributed by atoms with Gasteiger partial charge in [0.1, 0.15) is 11.5 Å². The standard InChI is InChI=1S/C32H26Cl2N6O4/c33-23-7-11-25(12-8-23)35-31-39-37-29(43-31)19-41-27-15-3-21(4-16-27)1-2-22-5-17-28(18-6-22)42-20-30-38-40-32(44-30)36-26-13-9-24(34)10-14-26/h3-18H,1-2,19-20H2,(H,35,39)(H,36,40). The number of hydrogen-bond acceptors (Lipinski definition) is 10. The Bertz CT molecular complexity index is 1640. The van der Waals surface area contributed by atoms with Crippen LogP contribution in [0.4, 0.5) is 23.4 Å². The molecule has 0 amide bonds. The molecule has 6 rings (SSSR count). The molecule has 2 N–H and O–H groups in total. The maximum absolute atomic E-state index is 5.91. The van der Waals surface area contributed by atoms with Crippen LogP contribution in [0.15, 0.2) is 106 Å². The third-order valence-electron chi connectivity index (χ3n) is 6.40. The number of anilines is 4. The van der Waals surface area contributed by atoms with Crippen LogP contribution in [0, 0.1) is 0 Å².